The molecule has 2 rings (SSSR count). The minimum Gasteiger partial charge on any atom is -0.457 e. The molecule has 1 aliphatic rings. The number of nitrogens with one attached hydrogen (secondary N) is 1. The summed E-state index contributed by atoms with van der Waals surface area (Å²) in [5, 5.41) is 7.73. The summed E-state index contributed by atoms with van der Waals surface area (Å²) in [5.41, 5.74) is 3.62. The molecule has 13 nitrogen and oxygen atoms in total. The van der Waals surface area contributed by atoms with Gasteiger partial charge in [-0.15, -0.1) is 11.3 Å². The van der Waals surface area contributed by atoms with Gasteiger partial charge in [-0.2, -0.15) is 8.42 Å². The van der Waals surface area contributed by atoms with Crippen molar-refractivity contribution in [3.63, 3.8) is 0 Å². The average molecular weight is 492 g/mol. The molecule has 1 aromatic heterocycles. The number of rotatable bonds is 8. The predicted octanol–water partition coefficient (Wildman–Crippen LogP) is -0.111. The largest absolute Gasteiger partial charge is 0.457 e. The van der Waals surface area contributed by atoms with Crippen molar-refractivity contribution in [1.29, 1.82) is 0 Å². The minimum absolute atomic E-state index is 0.0456. The molecular formula is C17H25N5O8S2. The zero-order valence-corrected chi connectivity index (χ0v) is 19.7. The van der Waals surface area contributed by atoms with Crippen molar-refractivity contribution < 1.29 is 36.9 Å². The number of amides is 2. The molecule has 1 fully saturated rings. The first-order valence-electron chi connectivity index (χ1n) is 9.29. The number of carbonyl (C=O) groups excluding carboxylic acids is 3. The second kappa shape index (κ2) is 8.99. The van der Waals surface area contributed by atoms with Crippen LogP contribution in [0.1, 0.15) is 40.3 Å². The SMILES string of the molecule is C[C@H]1[C@H](NC(=O)C=NOC(C)(Cc2csc(N)n2)C(=O)OC(C)(C)C)C(=O)N1S(=O)(=O)O. The number of aromatic nitrogens is 1. The fraction of sp³-hybridized carbons (Fsp3) is 0.588. The summed E-state index contributed by atoms with van der Waals surface area (Å²) in [6.45, 7) is 7.76. The summed E-state index contributed by atoms with van der Waals surface area (Å²) in [5.74, 6) is -2.63. The molecule has 2 heterocycles. The van der Waals surface area contributed by atoms with Crippen molar-refractivity contribution >= 4 is 50.8 Å². The van der Waals surface area contributed by atoms with Gasteiger partial charge in [-0.3, -0.25) is 14.1 Å². The van der Waals surface area contributed by atoms with Crippen LogP contribution in [0, 0.1) is 0 Å². The average Bonchev–Trinajstić information content (AvgIpc) is 3.01. The lowest BCUT2D eigenvalue weighted by molar-refractivity contribution is -0.182. The van der Waals surface area contributed by atoms with E-state index >= 15 is 0 Å². The minimum atomic E-state index is -4.71. The number of β-lactam (4-membered cyclic amide) rings is 1. The highest BCUT2D eigenvalue weighted by Gasteiger charge is 2.51. The zero-order valence-electron chi connectivity index (χ0n) is 18.1. The molecule has 15 heteroatoms. The van der Waals surface area contributed by atoms with Gasteiger partial charge in [-0.1, -0.05) is 5.16 Å². The van der Waals surface area contributed by atoms with E-state index in [4.69, 9.17) is 19.9 Å². The molecule has 1 aromatic rings. The fourth-order valence-electron chi connectivity index (χ4n) is 2.76. The van der Waals surface area contributed by atoms with Gasteiger partial charge in [0.25, 0.3) is 11.8 Å². The van der Waals surface area contributed by atoms with E-state index in [1.54, 1.807) is 26.2 Å². The molecule has 0 saturated carbocycles. The second-order valence-corrected chi connectivity index (χ2v) is 10.4. The Morgan fingerprint density at radius 3 is 2.50 bits per heavy atom. The Morgan fingerprint density at radius 1 is 1.41 bits per heavy atom. The van der Waals surface area contributed by atoms with E-state index < -0.39 is 51.4 Å². The first-order valence-corrected chi connectivity index (χ1v) is 11.6. The third kappa shape index (κ3) is 6.14. The third-order valence-corrected chi connectivity index (χ3v) is 5.96. The maximum Gasteiger partial charge on any atom is 0.362 e. The Balaban J connectivity index is 2.07. The molecule has 1 aliphatic heterocycles. The molecule has 2 amide bonds. The Morgan fingerprint density at radius 2 is 2.03 bits per heavy atom. The van der Waals surface area contributed by atoms with Crippen molar-refractivity contribution in [3.8, 4) is 0 Å². The molecule has 0 spiro atoms. The number of esters is 1. The first kappa shape index (κ1) is 25.5. The van der Waals surface area contributed by atoms with E-state index in [2.05, 4.69) is 15.5 Å². The number of carbonyl (C=O) groups is 3. The molecule has 32 heavy (non-hydrogen) atoms. The first-order chi connectivity index (χ1) is 14.5. The molecule has 0 radical (unpaired) electrons. The van der Waals surface area contributed by atoms with Gasteiger partial charge in [-0.25, -0.2) is 14.1 Å². The number of thiazole rings is 1. The molecule has 4 N–H and O–H groups in total. The van der Waals surface area contributed by atoms with Crippen LogP contribution >= 0.6 is 11.3 Å². The molecular weight excluding hydrogens is 466 g/mol. The smallest absolute Gasteiger partial charge is 0.362 e. The standard InChI is InChI=1S/C17H25N5O8S2/c1-9-12(13(24)22(9)32(26,27)28)21-11(23)7-19-30-17(5,14(25)29-16(2,3)4)6-10-8-31-15(18)20-10/h7-9,12H,6H2,1-5H3,(H2,18,20)(H,21,23)(H,26,27,28)/t9-,12-,17?/m0/s1. The highest BCUT2D eigenvalue weighted by Crippen LogP contribution is 2.25. The van der Waals surface area contributed by atoms with Crippen molar-refractivity contribution in [2.75, 3.05) is 5.73 Å². The van der Waals surface area contributed by atoms with Crippen molar-refractivity contribution in [1.82, 2.24) is 14.6 Å². The van der Waals surface area contributed by atoms with Crippen molar-refractivity contribution in [2.24, 2.45) is 5.16 Å². The van der Waals surface area contributed by atoms with Gasteiger partial charge in [0.2, 0.25) is 5.60 Å². The van der Waals surface area contributed by atoms with Crippen LogP contribution in [0.5, 0.6) is 0 Å². The van der Waals surface area contributed by atoms with Gasteiger partial charge in [-0.05, 0) is 34.6 Å². The molecule has 178 valence electrons. The van der Waals surface area contributed by atoms with Crippen molar-refractivity contribution in [2.45, 2.75) is 64.3 Å². The Kier molecular flexibility index (Phi) is 7.16. The van der Waals surface area contributed by atoms with E-state index in [0.717, 1.165) is 0 Å². The van der Waals surface area contributed by atoms with Crippen LogP contribution in [0.15, 0.2) is 10.5 Å². The van der Waals surface area contributed by atoms with Gasteiger partial charge < -0.3 is 20.6 Å². The topological polar surface area (TPSA) is 191 Å². The van der Waals surface area contributed by atoms with E-state index in [9.17, 15) is 22.8 Å². The van der Waals surface area contributed by atoms with Crippen LogP contribution in [-0.2, 0) is 40.7 Å². The quantitative estimate of drug-likeness (QED) is 0.145. The summed E-state index contributed by atoms with van der Waals surface area (Å²) in [6.07, 6.45) is 0.643. The molecule has 1 saturated heterocycles. The van der Waals surface area contributed by atoms with Gasteiger partial charge in [0.15, 0.2) is 5.13 Å². The number of anilines is 1. The Labute approximate surface area is 188 Å². The van der Waals surface area contributed by atoms with E-state index in [-0.39, 0.29) is 10.7 Å². The fourth-order valence-corrected chi connectivity index (χ4v) is 4.21. The van der Waals surface area contributed by atoms with Crippen LogP contribution in [0.25, 0.3) is 0 Å². The second-order valence-electron chi connectivity index (χ2n) is 8.25. The van der Waals surface area contributed by atoms with Gasteiger partial charge in [0.1, 0.15) is 17.9 Å². The van der Waals surface area contributed by atoms with E-state index in [1.165, 1.54) is 25.2 Å². The maximum absolute atomic E-state index is 12.7. The number of oxime groups is 1. The number of ether oxygens (including phenoxy) is 1. The summed E-state index contributed by atoms with van der Waals surface area (Å²) in [7, 11) is -4.71. The molecule has 0 bridgehead atoms. The number of nitrogen functional groups attached to an aromatic ring is 1. The Bertz CT molecular complexity index is 1030. The lowest BCUT2D eigenvalue weighted by Gasteiger charge is -2.41. The van der Waals surface area contributed by atoms with Crippen molar-refractivity contribution in [3.05, 3.63) is 11.1 Å². The lowest BCUT2D eigenvalue weighted by atomic mass is 10.0. The van der Waals surface area contributed by atoms with Crippen LogP contribution in [0.4, 0.5) is 5.13 Å². The maximum atomic E-state index is 12.7. The molecule has 1 unspecified atom stereocenters. The van der Waals surface area contributed by atoms with Crippen LogP contribution in [0.3, 0.4) is 0 Å². The summed E-state index contributed by atoms with van der Waals surface area (Å²) in [6, 6.07) is -2.16. The van der Waals surface area contributed by atoms with Crippen LogP contribution < -0.4 is 11.1 Å². The monoisotopic (exact) mass is 491 g/mol. The number of hydrogen-bond acceptors (Lipinski definition) is 11. The highest BCUT2D eigenvalue weighted by atomic mass is 32.2. The van der Waals surface area contributed by atoms with E-state index in [0.29, 0.717) is 17.0 Å². The lowest BCUT2D eigenvalue weighted by Crippen LogP contribution is -2.70. The van der Waals surface area contributed by atoms with E-state index in [1.807, 2.05) is 0 Å². The van der Waals surface area contributed by atoms with Gasteiger partial charge in [0.05, 0.1) is 11.7 Å². The molecule has 3 atom stereocenters. The van der Waals surface area contributed by atoms with Crippen LogP contribution in [0.2, 0.25) is 0 Å². The van der Waals surface area contributed by atoms with Crippen LogP contribution in [-0.4, -0.2) is 69.5 Å². The normalized spacial score (nSPS) is 21.1. The zero-order chi connectivity index (χ0) is 24.5. The number of nitrogens with two attached hydrogens (primary N) is 1. The molecule has 0 aliphatic carbocycles. The van der Waals surface area contributed by atoms with Gasteiger partial charge >= 0.3 is 16.3 Å². The third-order valence-electron chi connectivity index (χ3n) is 4.22. The summed E-state index contributed by atoms with van der Waals surface area (Å²) in [4.78, 5) is 46.0. The molecule has 0 aromatic carbocycles. The highest BCUT2D eigenvalue weighted by molar-refractivity contribution is 7.84. The predicted molar refractivity (Wildman–Crippen MR) is 114 cm³/mol. The Hall–Kier alpha value is -2.78. The summed E-state index contributed by atoms with van der Waals surface area (Å²) < 4.78 is 36.8. The number of hydrogen-bond donors (Lipinski definition) is 3. The number of nitrogens with zero attached hydrogens (tertiary/aromatic N) is 3. The summed E-state index contributed by atoms with van der Waals surface area (Å²) >= 11 is 1.18. The van der Waals surface area contributed by atoms with Gasteiger partial charge in [0, 0.05) is 11.8 Å².